The smallest absolute Gasteiger partial charge is 0.236 e. The summed E-state index contributed by atoms with van der Waals surface area (Å²) in [5, 5.41) is 14.2. The van der Waals surface area contributed by atoms with Gasteiger partial charge in [0.15, 0.2) is 6.19 Å². The maximum Gasteiger partial charge on any atom is 0.236 e. The molecule has 0 fully saturated rings. The van der Waals surface area contributed by atoms with Crippen LogP contribution in [-0.4, -0.2) is 9.97 Å². The van der Waals surface area contributed by atoms with E-state index in [1.54, 1.807) is 29.9 Å². The highest BCUT2D eigenvalue weighted by Gasteiger charge is 2.06. The standard InChI is InChI=1S/C13H8N4S/c14-8-17-13-15-5-9(6-16-13)11-7-18-12-4-2-1-3-10(11)12/h1-7H,(H,15,16,17). The second kappa shape index (κ2) is 4.43. The molecule has 5 heteroatoms. The fraction of sp³-hybridized carbons (Fsp3) is 0. The van der Waals surface area contributed by atoms with Gasteiger partial charge in [0.2, 0.25) is 5.95 Å². The van der Waals surface area contributed by atoms with Crippen LogP contribution >= 0.6 is 11.3 Å². The molecule has 2 aromatic heterocycles. The van der Waals surface area contributed by atoms with Crippen LogP contribution in [0.2, 0.25) is 0 Å². The van der Waals surface area contributed by atoms with Crippen LogP contribution in [0.15, 0.2) is 42.0 Å². The molecule has 0 spiro atoms. The summed E-state index contributed by atoms with van der Waals surface area (Å²) in [5.74, 6) is 0.320. The normalized spacial score (nSPS) is 10.2. The van der Waals surface area contributed by atoms with Crippen molar-refractivity contribution in [2.24, 2.45) is 0 Å². The van der Waals surface area contributed by atoms with Crippen molar-refractivity contribution in [3.05, 3.63) is 42.0 Å². The molecular weight excluding hydrogens is 244 g/mol. The molecule has 0 bridgehead atoms. The van der Waals surface area contributed by atoms with Crippen molar-refractivity contribution in [1.82, 2.24) is 9.97 Å². The van der Waals surface area contributed by atoms with Gasteiger partial charge in [-0.15, -0.1) is 11.3 Å². The van der Waals surface area contributed by atoms with Gasteiger partial charge in [-0.25, -0.2) is 9.97 Å². The quantitative estimate of drug-likeness (QED) is 0.561. The number of hydrogen-bond donors (Lipinski definition) is 1. The van der Waals surface area contributed by atoms with Crippen LogP contribution in [0.5, 0.6) is 0 Å². The molecule has 0 unspecified atom stereocenters. The average Bonchev–Trinajstić information content (AvgIpc) is 2.84. The van der Waals surface area contributed by atoms with Crippen molar-refractivity contribution in [3.8, 4) is 17.3 Å². The van der Waals surface area contributed by atoms with E-state index < -0.39 is 0 Å². The Balaban J connectivity index is 2.07. The number of fused-ring (bicyclic) bond motifs is 1. The zero-order valence-electron chi connectivity index (χ0n) is 9.29. The first kappa shape index (κ1) is 10.7. The van der Waals surface area contributed by atoms with E-state index in [1.807, 2.05) is 12.1 Å². The maximum atomic E-state index is 8.47. The highest BCUT2D eigenvalue weighted by atomic mass is 32.1. The molecule has 0 aliphatic carbocycles. The average molecular weight is 252 g/mol. The molecule has 18 heavy (non-hydrogen) atoms. The van der Waals surface area contributed by atoms with Gasteiger partial charge in [-0.3, -0.25) is 5.32 Å². The molecule has 0 amide bonds. The first-order valence-electron chi connectivity index (χ1n) is 5.32. The van der Waals surface area contributed by atoms with Crippen LogP contribution in [0.25, 0.3) is 21.2 Å². The van der Waals surface area contributed by atoms with Gasteiger partial charge < -0.3 is 0 Å². The Labute approximate surface area is 108 Å². The number of nitriles is 1. The third kappa shape index (κ3) is 1.79. The highest BCUT2D eigenvalue weighted by Crippen LogP contribution is 2.33. The van der Waals surface area contributed by atoms with Crippen molar-refractivity contribution in [3.63, 3.8) is 0 Å². The Morgan fingerprint density at radius 2 is 1.94 bits per heavy atom. The van der Waals surface area contributed by atoms with Gasteiger partial charge in [-0.05, 0) is 11.4 Å². The Hall–Kier alpha value is -2.45. The zero-order chi connectivity index (χ0) is 12.4. The number of aromatic nitrogens is 2. The summed E-state index contributed by atoms with van der Waals surface area (Å²) in [4.78, 5) is 8.18. The van der Waals surface area contributed by atoms with E-state index in [0.29, 0.717) is 5.95 Å². The molecule has 1 N–H and O–H groups in total. The number of rotatable bonds is 2. The van der Waals surface area contributed by atoms with Crippen molar-refractivity contribution in [2.45, 2.75) is 0 Å². The second-order valence-electron chi connectivity index (χ2n) is 3.68. The van der Waals surface area contributed by atoms with Crippen LogP contribution in [-0.2, 0) is 0 Å². The number of anilines is 1. The van der Waals surface area contributed by atoms with E-state index in [-0.39, 0.29) is 0 Å². The molecule has 3 rings (SSSR count). The van der Waals surface area contributed by atoms with Crippen molar-refractivity contribution < 1.29 is 0 Å². The van der Waals surface area contributed by atoms with E-state index in [4.69, 9.17) is 5.26 Å². The Bertz CT molecular complexity index is 725. The van der Waals surface area contributed by atoms with Gasteiger partial charge in [-0.1, -0.05) is 18.2 Å². The lowest BCUT2D eigenvalue weighted by Gasteiger charge is -2.00. The topological polar surface area (TPSA) is 61.6 Å². The Kier molecular flexibility index (Phi) is 2.63. The van der Waals surface area contributed by atoms with Gasteiger partial charge in [0.1, 0.15) is 0 Å². The minimum atomic E-state index is 0.320. The number of thiophene rings is 1. The molecule has 2 heterocycles. The van der Waals surface area contributed by atoms with Crippen molar-refractivity contribution >= 4 is 27.4 Å². The molecule has 0 atom stereocenters. The molecule has 0 aliphatic rings. The molecule has 0 saturated heterocycles. The molecule has 0 aliphatic heterocycles. The van der Waals surface area contributed by atoms with Gasteiger partial charge in [0, 0.05) is 33.6 Å². The number of nitrogens with zero attached hydrogens (tertiary/aromatic N) is 3. The summed E-state index contributed by atoms with van der Waals surface area (Å²) in [6, 6.07) is 8.22. The van der Waals surface area contributed by atoms with Gasteiger partial charge >= 0.3 is 0 Å². The summed E-state index contributed by atoms with van der Waals surface area (Å²) in [7, 11) is 0. The number of hydrogen-bond acceptors (Lipinski definition) is 5. The fourth-order valence-corrected chi connectivity index (χ4v) is 2.75. The zero-order valence-corrected chi connectivity index (χ0v) is 10.1. The summed E-state index contributed by atoms with van der Waals surface area (Å²) >= 11 is 1.70. The van der Waals surface area contributed by atoms with E-state index in [0.717, 1.165) is 11.1 Å². The SMILES string of the molecule is N#CNc1ncc(-c2csc3ccccc23)cn1. The fourth-order valence-electron chi connectivity index (χ4n) is 1.78. The lowest BCUT2D eigenvalue weighted by atomic mass is 10.1. The summed E-state index contributed by atoms with van der Waals surface area (Å²) in [6.07, 6.45) is 5.24. The minimum Gasteiger partial charge on any atom is -0.261 e. The predicted molar refractivity (Wildman–Crippen MR) is 72.1 cm³/mol. The van der Waals surface area contributed by atoms with E-state index in [2.05, 4.69) is 32.8 Å². The highest BCUT2D eigenvalue weighted by molar-refractivity contribution is 7.17. The van der Waals surface area contributed by atoms with Crippen LogP contribution < -0.4 is 5.32 Å². The molecular formula is C13H8N4S. The molecule has 1 aromatic carbocycles. The lowest BCUT2D eigenvalue weighted by molar-refractivity contribution is 1.17. The van der Waals surface area contributed by atoms with Crippen LogP contribution in [0.3, 0.4) is 0 Å². The Morgan fingerprint density at radius 1 is 1.17 bits per heavy atom. The first-order valence-corrected chi connectivity index (χ1v) is 6.20. The van der Waals surface area contributed by atoms with Gasteiger partial charge in [-0.2, -0.15) is 5.26 Å². The third-order valence-electron chi connectivity index (χ3n) is 2.61. The minimum absolute atomic E-state index is 0.320. The lowest BCUT2D eigenvalue weighted by Crippen LogP contribution is -1.94. The van der Waals surface area contributed by atoms with E-state index in [1.165, 1.54) is 10.1 Å². The van der Waals surface area contributed by atoms with Crippen molar-refractivity contribution in [1.29, 1.82) is 5.26 Å². The molecule has 4 nitrogen and oxygen atoms in total. The van der Waals surface area contributed by atoms with E-state index in [9.17, 15) is 0 Å². The van der Waals surface area contributed by atoms with Gasteiger partial charge in [0.05, 0.1) is 0 Å². The van der Waals surface area contributed by atoms with E-state index >= 15 is 0 Å². The third-order valence-corrected chi connectivity index (χ3v) is 3.58. The maximum absolute atomic E-state index is 8.47. The number of benzene rings is 1. The van der Waals surface area contributed by atoms with Crippen molar-refractivity contribution in [2.75, 3.05) is 5.32 Å². The second-order valence-corrected chi connectivity index (χ2v) is 4.59. The van der Waals surface area contributed by atoms with Crippen LogP contribution in [0, 0.1) is 11.5 Å². The van der Waals surface area contributed by atoms with Gasteiger partial charge in [0.25, 0.3) is 0 Å². The summed E-state index contributed by atoms with van der Waals surface area (Å²) < 4.78 is 1.24. The van der Waals surface area contributed by atoms with Crippen LogP contribution in [0.4, 0.5) is 5.95 Å². The largest absolute Gasteiger partial charge is 0.261 e. The van der Waals surface area contributed by atoms with Crippen LogP contribution in [0.1, 0.15) is 0 Å². The molecule has 0 saturated carbocycles. The Morgan fingerprint density at radius 3 is 2.72 bits per heavy atom. The molecule has 86 valence electrons. The summed E-state index contributed by atoms with van der Waals surface area (Å²) in [5.41, 5.74) is 2.08. The molecule has 3 aromatic rings. The monoisotopic (exact) mass is 252 g/mol. The first-order chi connectivity index (χ1) is 8.88. The predicted octanol–water partition coefficient (Wildman–Crippen LogP) is 3.25. The summed E-state index contributed by atoms with van der Waals surface area (Å²) in [6.45, 7) is 0. The molecule has 0 radical (unpaired) electrons. The number of nitrogens with one attached hydrogen (secondary N) is 1.